The standard InChI is InChI=1S/C21H38F3N5.HI/c1-25-19(26-14-18-8-13-28(15-18)17-21(22,23)24)27-16-20(9-4-2-5-10-20)29-11-6-3-7-12-29;/h18H,2-17H2,1H3,(H2,25,26,27);1H. The Labute approximate surface area is 196 Å². The van der Waals surface area contributed by atoms with E-state index in [9.17, 15) is 13.2 Å². The van der Waals surface area contributed by atoms with E-state index in [1.54, 1.807) is 7.05 Å². The molecule has 1 atom stereocenters. The topological polar surface area (TPSA) is 42.9 Å². The molecule has 2 heterocycles. The lowest BCUT2D eigenvalue weighted by atomic mass is 9.79. The highest BCUT2D eigenvalue weighted by Gasteiger charge is 2.38. The van der Waals surface area contributed by atoms with Crippen molar-refractivity contribution >= 4 is 29.9 Å². The summed E-state index contributed by atoms with van der Waals surface area (Å²) in [4.78, 5) is 8.59. The van der Waals surface area contributed by atoms with Gasteiger partial charge < -0.3 is 10.6 Å². The minimum absolute atomic E-state index is 0. The van der Waals surface area contributed by atoms with Crippen LogP contribution in [0.5, 0.6) is 0 Å². The predicted octanol–water partition coefficient (Wildman–Crippen LogP) is 3.84. The number of halogens is 4. The van der Waals surface area contributed by atoms with Gasteiger partial charge in [-0.05, 0) is 57.7 Å². The van der Waals surface area contributed by atoms with Gasteiger partial charge >= 0.3 is 6.18 Å². The van der Waals surface area contributed by atoms with Crippen LogP contribution in [-0.2, 0) is 0 Å². The van der Waals surface area contributed by atoms with E-state index in [1.165, 1.54) is 69.4 Å². The molecule has 0 radical (unpaired) electrons. The van der Waals surface area contributed by atoms with Crippen LogP contribution in [-0.4, -0.2) is 80.3 Å². The molecular formula is C21H39F3IN5. The smallest absolute Gasteiger partial charge is 0.356 e. The molecule has 0 bridgehead atoms. The Kier molecular flexibility index (Phi) is 10.5. The van der Waals surface area contributed by atoms with Crippen molar-refractivity contribution in [2.45, 2.75) is 69.5 Å². The molecule has 2 aliphatic heterocycles. The van der Waals surface area contributed by atoms with Crippen molar-refractivity contribution in [1.82, 2.24) is 20.4 Å². The molecule has 1 aliphatic carbocycles. The molecule has 0 aromatic rings. The highest BCUT2D eigenvalue weighted by Crippen LogP contribution is 2.35. The molecule has 2 N–H and O–H groups in total. The number of piperidine rings is 1. The van der Waals surface area contributed by atoms with E-state index in [2.05, 4.69) is 20.5 Å². The van der Waals surface area contributed by atoms with E-state index >= 15 is 0 Å². The van der Waals surface area contributed by atoms with Gasteiger partial charge in [0.05, 0.1) is 6.54 Å². The summed E-state index contributed by atoms with van der Waals surface area (Å²) in [5.41, 5.74) is 0.229. The van der Waals surface area contributed by atoms with Crippen molar-refractivity contribution in [3.05, 3.63) is 0 Å². The monoisotopic (exact) mass is 545 g/mol. The molecule has 0 aromatic carbocycles. The normalized spacial score (nSPS) is 26.3. The molecule has 1 saturated carbocycles. The summed E-state index contributed by atoms with van der Waals surface area (Å²) in [6, 6.07) is 0. The average molecular weight is 545 g/mol. The average Bonchev–Trinajstić information content (AvgIpc) is 3.15. The lowest BCUT2D eigenvalue weighted by Crippen LogP contribution is -2.59. The van der Waals surface area contributed by atoms with Crippen molar-refractivity contribution in [2.75, 3.05) is 52.9 Å². The van der Waals surface area contributed by atoms with Crippen molar-refractivity contribution in [2.24, 2.45) is 10.9 Å². The van der Waals surface area contributed by atoms with Gasteiger partial charge in [-0.25, -0.2) is 0 Å². The summed E-state index contributed by atoms with van der Waals surface area (Å²) >= 11 is 0. The van der Waals surface area contributed by atoms with Crippen LogP contribution in [0.15, 0.2) is 4.99 Å². The van der Waals surface area contributed by atoms with E-state index in [0.29, 0.717) is 19.6 Å². The Morgan fingerprint density at radius 3 is 2.30 bits per heavy atom. The maximum Gasteiger partial charge on any atom is 0.401 e. The number of likely N-dealkylation sites (tertiary alicyclic amines) is 2. The number of nitrogens with one attached hydrogen (secondary N) is 2. The van der Waals surface area contributed by atoms with Crippen LogP contribution in [0.3, 0.4) is 0 Å². The third kappa shape index (κ3) is 7.69. The number of nitrogens with zero attached hydrogens (tertiary/aromatic N) is 3. The van der Waals surface area contributed by atoms with Crippen LogP contribution in [0.2, 0.25) is 0 Å². The highest BCUT2D eigenvalue weighted by atomic mass is 127. The summed E-state index contributed by atoms with van der Waals surface area (Å²) in [5.74, 6) is 1.02. The van der Waals surface area contributed by atoms with Crippen molar-refractivity contribution in [3.8, 4) is 0 Å². The van der Waals surface area contributed by atoms with Crippen LogP contribution < -0.4 is 10.6 Å². The second kappa shape index (κ2) is 12.1. The predicted molar refractivity (Wildman–Crippen MR) is 127 cm³/mol. The number of hydrogen-bond donors (Lipinski definition) is 2. The highest BCUT2D eigenvalue weighted by molar-refractivity contribution is 14.0. The quantitative estimate of drug-likeness (QED) is 0.303. The number of hydrogen-bond acceptors (Lipinski definition) is 3. The molecule has 3 rings (SSSR count). The Hall–Kier alpha value is -0.290. The largest absolute Gasteiger partial charge is 0.401 e. The molecular weight excluding hydrogens is 506 g/mol. The van der Waals surface area contributed by atoms with Gasteiger partial charge in [0.25, 0.3) is 0 Å². The molecule has 3 aliphatic rings. The Morgan fingerprint density at radius 1 is 1.00 bits per heavy atom. The number of aliphatic imine (C=N–C) groups is 1. The lowest BCUT2D eigenvalue weighted by Gasteiger charge is -2.48. The lowest BCUT2D eigenvalue weighted by molar-refractivity contribution is -0.143. The van der Waals surface area contributed by atoms with Crippen molar-refractivity contribution < 1.29 is 13.2 Å². The van der Waals surface area contributed by atoms with Gasteiger partial charge in [-0.3, -0.25) is 14.8 Å². The van der Waals surface area contributed by atoms with Gasteiger partial charge in [-0.2, -0.15) is 13.2 Å². The van der Waals surface area contributed by atoms with Crippen molar-refractivity contribution in [3.63, 3.8) is 0 Å². The van der Waals surface area contributed by atoms with Gasteiger partial charge in [0.1, 0.15) is 0 Å². The zero-order valence-electron chi connectivity index (χ0n) is 18.3. The SMILES string of the molecule is CN=C(NCC1CCN(CC(F)(F)F)C1)NCC1(N2CCCCC2)CCCCC1.I. The first-order valence-electron chi connectivity index (χ1n) is 11.4. The Balaban J connectivity index is 0.00000320. The van der Waals surface area contributed by atoms with Crippen molar-refractivity contribution in [1.29, 1.82) is 0 Å². The van der Waals surface area contributed by atoms with Gasteiger partial charge in [-0.1, -0.05) is 25.7 Å². The maximum absolute atomic E-state index is 12.6. The van der Waals surface area contributed by atoms with E-state index in [0.717, 1.165) is 18.9 Å². The summed E-state index contributed by atoms with van der Waals surface area (Å²) in [7, 11) is 1.77. The summed E-state index contributed by atoms with van der Waals surface area (Å²) in [6.07, 6.45) is 7.03. The fraction of sp³-hybridized carbons (Fsp3) is 0.952. The Bertz CT molecular complexity index is 531. The summed E-state index contributed by atoms with van der Waals surface area (Å²) in [5, 5.41) is 6.92. The second-order valence-corrected chi connectivity index (χ2v) is 9.14. The van der Waals surface area contributed by atoms with E-state index < -0.39 is 12.7 Å². The minimum atomic E-state index is -4.11. The zero-order chi connectivity index (χ0) is 20.7. The number of alkyl halides is 3. The van der Waals surface area contributed by atoms with Crippen LogP contribution in [0.25, 0.3) is 0 Å². The molecule has 2 saturated heterocycles. The molecule has 1 unspecified atom stereocenters. The molecule has 30 heavy (non-hydrogen) atoms. The molecule has 3 fully saturated rings. The summed E-state index contributed by atoms with van der Waals surface area (Å²) < 4.78 is 37.7. The maximum atomic E-state index is 12.6. The van der Waals surface area contributed by atoms with Crippen LogP contribution in [0.1, 0.15) is 57.8 Å². The molecule has 176 valence electrons. The first-order chi connectivity index (χ1) is 13.9. The van der Waals surface area contributed by atoms with Gasteiger partial charge in [0.15, 0.2) is 5.96 Å². The van der Waals surface area contributed by atoms with Crippen LogP contribution in [0, 0.1) is 5.92 Å². The summed E-state index contributed by atoms with van der Waals surface area (Å²) in [6.45, 7) is 4.20. The molecule has 5 nitrogen and oxygen atoms in total. The van der Waals surface area contributed by atoms with Gasteiger partial charge in [0, 0.05) is 32.2 Å². The van der Waals surface area contributed by atoms with E-state index in [-0.39, 0.29) is 35.4 Å². The fourth-order valence-electron chi connectivity index (χ4n) is 5.37. The third-order valence-electron chi connectivity index (χ3n) is 6.95. The first-order valence-corrected chi connectivity index (χ1v) is 11.4. The molecule has 0 spiro atoms. The van der Waals surface area contributed by atoms with Gasteiger partial charge in [-0.15, -0.1) is 24.0 Å². The van der Waals surface area contributed by atoms with Crippen LogP contribution in [0.4, 0.5) is 13.2 Å². The molecule has 0 amide bonds. The fourth-order valence-corrected chi connectivity index (χ4v) is 5.37. The Morgan fingerprint density at radius 2 is 1.67 bits per heavy atom. The number of rotatable bonds is 6. The minimum Gasteiger partial charge on any atom is -0.356 e. The van der Waals surface area contributed by atoms with Gasteiger partial charge in [0.2, 0.25) is 0 Å². The van der Waals surface area contributed by atoms with E-state index in [1.807, 2.05) is 0 Å². The molecule has 9 heteroatoms. The second-order valence-electron chi connectivity index (χ2n) is 9.14. The molecule has 0 aromatic heterocycles. The van der Waals surface area contributed by atoms with E-state index in [4.69, 9.17) is 0 Å². The zero-order valence-corrected chi connectivity index (χ0v) is 20.6. The number of guanidine groups is 1. The first kappa shape index (κ1) is 26.0. The third-order valence-corrected chi connectivity index (χ3v) is 6.95. The van der Waals surface area contributed by atoms with Crippen LogP contribution >= 0.6 is 24.0 Å².